The smallest absolute Gasteiger partial charge is 0.243 e. The Labute approximate surface area is 211 Å². The van der Waals surface area contributed by atoms with Gasteiger partial charge in [0.05, 0.1) is 10.4 Å². The first-order valence-corrected chi connectivity index (χ1v) is 12.6. The summed E-state index contributed by atoms with van der Waals surface area (Å²) in [7, 11) is -1.56. The Morgan fingerprint density at radius 1 is 0.857 bits per heavy atom. The Morgan fingerprint density at radius 2 is 1.54 bits per heavy atom. The van der Waals surface area contributed by atoms with Gasteiger partial charge in [-0.05, 0) is 67.7 Å². The van der Waals surface area contributed by atoms with Crippen LogP contribution in [0.4, 0.5) is 11.4 Å². The van der Waals surface area contributed by atoms with Gasteiger partial charge in [-0.1, -0.05) is 18.2 Å². The van der Waals surface area contributed by atoms with Crippen LogP contribution in [0.15, 0.2) is 90.0 Å². The number of ether oxygens (including phenoxy) is 1. The molecule has 7 nitrogen and oxygen atoms in total. The molecule has 182 valence electrons. The number of para-hydroxylation sites is 1. The van der Waals surface area contributed by atoms with Crippen molar-refractivity contribution in [3.63, 3.8) is 0 Å². The molecule has 1 fully saturated rings. The largest absolute Gasteiger partial charge is 0.457 e. The SMILES string of the molecule is CN1CCN(S(=O)(=O)c2ccc3nccc(Nc4ccc(Oc5ccccc5)cc4)c3c2)CC1.Cl. The van der Waals surface area contributed by atoms with E-state index in [1.807, 2.05) is 67.7 Å². The second kappa shape index (κ2) is 10.6. The Kier molecular flexibility index (Phi) is 7.57. The van der Waals surface area contributed by atoms with E-state index in [4.69, 9.17) is 4.74 Å². The van der Waals surface area contributed by atoms with E-state index in [1.54, 1.807) is 28.7 Å². The number of pyridine rings is 1. The van der Waals surface area contributed by atoms with Gasteiger partial charge in [-0.3, -0.25) is 4.98 Å². The zero-order valence-electron chi connectivity index (χ0n) is 19.3. The highest BCUT2D eigenvalue weighted by Gasteiger charge is 2.27. The summed E-state index contributed by atoms with van der Waals surface area (Å²) in [5.74, 6) is 1.51. The number of likely N-dealkylation sites (N-methyl/N-ethyl adjacent to an activating group) is 1. The molecule has 0 amide bonds. The molecular formula is C26H27ClN4O3S. The number of fused-ring (bicyclic) bond motifs is 1. The van der Waals surface area contributed by atoms with Gasteiger partial charge in [0, 0.05) is 49.1 Å². The molecule has 4 aromatic rings. The van der Waals surface area contributed by atoms with Gasteiger partial charge < -0.3 is 15.0 Å². The van der Waals surface area contributed by atoms with Crippen LogP contribution in [-0.2, 0) is 10.0 Å². The highest BCUT2D eigenvalue weighted by Crippen LogP contribution is 2.30. The molecule has 2 heterocycles. The second-order valence-electron chi connectivity index (χ2n) is 8.31. The van der Waals surface area contributed by atoms with Crippen LogP contribution in [-0.4, -0.2) is 55.8 Å². The van der Waals surface area contributed by atoms with Crippen LogP contribution < -0.4 is 10.1 Å². The fourth-order valence-electron chi connectivity index (χ4n) is 3.96. The summed E-state index contributed by atoms with van der Waals surface area (Å²) in [6.07, 6.45) is 1.71. The molecule has 0 aliphatic carbocycles. The van der Waals surface area contributed by atoms with E-state index in [0.717, 1.165) is 46.9 Å². The van der Waals surface area contributed by atoms with Gasteiger partial charge in [0.15, 0.2) is 0 Å². The van der Waals surface area contributed by atoms with Crippen molar-refractivity contribution in [2.45, 2.75) is 4.90 Å². The third-order valence-corrected chi connectivity index (χ3v) is 7.82. The van der Waals surface area contributed by atoms with Crippen LogP contribution in [0.5, 0.6) is 11.5 Å². The maximum absolute atomic E-state index is 13.2. The molecule has 0 radical (unpaired) electrons. The molecule has 5 rings (SSSR count). The second-order valence-corrected chi connectivity index (χ2v) is 10.2. The van der Waals surface area contributed by atoms with E-state index < -0.39 is 10.0 Å². The van der Waals surface area contributed by atoms with E-state index in [1.165, 1.54) is 0 Å². The third-order valence-electron chi connectivity index (χ3n) is 5.93. The van der Waals surface area contributed by atoms with Crippen LogP contribution in [0.1, 0.15) is 0 Å². The van der Waals surface area contributed by atoms with Gasteiger partial charge >= 0.3 is 0 Å². The van der Waals surface area contributed by atoms with Crippen molar-refractivity contribution in [2.24, 2.45) is 0 Å². The fraction of sp³-hybridized carbons (Fsp3) is 0.192. The molecule has 1 N–H and O–H groups in total. The van der Waals surface area contributed by atoms with Crippen LogP contribution in [0.3, 0.4) is 0 Å². The number of rotatable bonds is 6. The van der Waals surface area contributed by atoms with Crippen molar-refractivity contribution in [3.8, 4) is 11.5 Å². The molecule has 1 aromatic heterocycles. The number of halogens is 1. The molecule has 35 heavy (non-hydrogen) atoms. The number of hydrogen-bond donors (Lipinski definition) is 1. The van der Waals surface area contributed by atoms with Gasteiger partial charge in [0.2, 0.25) is 10.0 Å². The van der Waals surface area contributed by atoms with E-state index in [2.05, 4.69) is 15.2 Å². The lowest BCUT2D eigenvalue weighted by molar-refractivity contribution is 0.222. The molecule has 1 saturated heterocycles. The van der Waals surface area contributed by atoms with E-state index >= 15 is 0 Å². The van der Waals surface area contributed by atoms with Crippen molar-refractivity contribution >= 4 is 44.7 Å². The first-order chi connectivity index (χ1) is 16.5. The number of anilines is 2. The molecule has 0 unspecified atom stereocenters. The molecular weight excluding hydrogens is 484 g/mol. The molecule has 0 bridgehead atoms. The summed E-state index contributed by atoms with van der Waals surface area (Å²) in [6.45, 7) is 2.44. The summed E-state index contributed by atoms with van der Waals surface area (Å²) < 4.78 is 33.9. The highest BCUT2D eigenvalue weighted by atomic mass is 35.5. The number of sulfonamides is 1. The van der Waals surface area contributed by atoms with Gasteiger partial charge in [-0.2, -0.15) is 4.31 Å². The summed E-state index contributed by atoms with van der Waals surface area (Å²) in [6, 6.07) is 24.2. The van der Waals surface area contributed by atoms with Gasteiger partial charge in [-0.25, -0.2) is 8.42 Å². The molecule has 9 heteroatoms. The monoisotopic (exact) mass is 510 g/mol. The zero-order chi connectivity index (χ0) is 23.5. The van der Waals surface area contributed by atoms with E-state index in [-0.39, 0.29) is 17.3 Å². The minimum Gasteiger partial charge on any atom is -0.457 e. The lowest BCUT2D eigenvalue weighted by atomic mass is 10.2. The molecule has 1 aliphatic heterocycles. The number of nitrogens with zero attached hydrogens (tertiary/aromatic N) is 3. The summed E-state index contributed by atoms with van der Waals surface area (Å²) >= 11 is 0. The normalized spacial score (nSPS) is 14.9. The van der Waals surface area contributed by atoms with Gasteiger partial charge in [0.25, 0.3) is 0 Å². The van der Waals surface area contributed by atoms with Crippen LogP contribution in [0.25, 0.3) is 10.9 Å². The number of benzene rings is 3. The maximum atomic E-state index is 13.2. The van der Waals surface area contributed by atoms with Crippen molar-refractivity contribution < 1.29 is 13.2 Å². The molecule has 0 spiro atoms. The number of aromatic nitrogens is 1. The van der Waals surface area contributed by atoms with Crippen molar-refractivity contribution in [1.82, 2.24) is 14.2 Å². The first-order valence-electron chi connectivity index (χ1n) is 11.2. The van der Waals surface area contributed by atoms with Gasteiger partial charge in [0.1, 0.15) is 11.5 Å². The predicted molar refractivity (Wildman–Crippen MR) is 141 cm³/mol. The number of hydrogen-bond acceptors (Lipinski definition) is 6. The Hall–Kier alpha value is -3.17. The summed E-state index contributed by atoms with van der Waals surface area (Å²) in [5, 5.41) is 4.14. The molecule has 1 aliphatic rings. The quantitative estimate of drug-likeness (QED) is 0.387. The van der Waals surface area contributed by atoms with Crippen LogP contribution >= 0.6 is 12.4 Å². The van der Waals surface area contributed by atoms with Crippen LogP contribution in [0, 0.1) is 0 Å². The topological polar surface area (TPSA) is 74.8 Å². The fourth-order valence-corrected chi connectivity index (χ4v) is 5.41. The summed E-state index contributed by atoms with van der Waals surface area (Å²) in [4.78, 5) is 6.83. The Morgan fingerprint density at radius 3 is 2.26 bits per heavy atom. The summed E-state index contributed by atoms with van der Waals surface area (Å²) in [5.41, 5.74) is 2.38. The van der Waals surface area contributed by atoms with Crippen molar-refractivity contribution in [3.05, 3.63) is 85.1 Å². The Bertz CT molecular complexity index is 1390. The number of piperazine rings is 1. The van der Waals surface area contributed by atoms with Gasteiger partial charge in [-0.15, -0.1) is 12.4 Å². The zero-order valence-corrected chi connectivity index (χ0v) is 20.9. The van der Waals surface area contributed by atoms with E-state index in [0.29, 0.717) is 13.1 Å². The third kappa shape index (κ3) is 5.57. The average Bonchev–Trinajstić information content (AvgIpc) is 2.86. The molecule has 0 atom stereocenters. The molecule has 3 aromatic carbocycles. The predicted octanol–water partition coefficient (Wildman–Crippen LogP) is 5.13. The maximum Gasteiger partial charge on any atom is 0.243 e. The average molecular weight is 511 g/mol. The lowest BCUT2D eigenvalue weighted by Gasteiger charge is -2.31. The highest BCUT2D eigenvalue weighted by molar-refractivity contribution is 7.89. The Balaban J connectivity index is 0.00000289. The minimum absolute atomic E-state index is 0. The number of nitrogens with one attached hydrogen (secondary N) is 1. The van der Waals surface area contributed by atoms with E-state index in [9.17, 15) is 8.42 Å². The lowest BCUT2D eigenvalue weighted by Crippen LogP contribution is -2.46. The minimum atomic E-state index is -3.57. The van der Waals surface area contributed by atoms with Crippen molar-refractivity contribution in [2.75, 3.05) is 38.5 Å². The van der Waals surface area contributed by atoms with Crippen LogP contribution in [0.2, 0.25) is 0 Å². The first kappa shape index (κ1) is 24.9. The standard InChI is InChI=1S/C26H26N4O3S.ClH/c1-29-15-17-30(18-16-29)34(31,32)23-11-12-25-24(19-23)26(13-14-27-25)28-20-7-9-22(10-8-20)33-21-5-3-2-4-6-21;/h2-14,19H,15-18H2,1H3,(H,27,28);1H. The molecule has 0 saturated carbocycles. The van der Waals surface area contributed by atoms with Crippen molar-refractivity contribution in [1.29, 1.82) is 0 Å².